The Balaban J connectivity index is 1.81. The van der Waals surface area contributed by atoms with Gasteiger partial charge in [0, 0.05) is 28.0 Å². The fourth-order valence-electron chi connectivity index (χ4n) is 3.39. The lowest BCUT2D eigenvalue weighted by Gasteiger charge is -2.29. The van der Waals surface area contributed by atoms with E-state index in [0.717, 1.165) is 28.7 Å². The lowest BCUT2D eigenvalue weighted by Crippen LogP contribution is -2.28. The van der Waals surface area contributed by atoms with Crippen LogP contribution in [0.25, 0.3) is 16.6 Å². The lowest BCUT2D eigenvalue weighted by atomic mass is 9.76. The average molecular weight is 353 g/mol. The number of H-pyrrole nitrogens is 1. The van der Waals surface area contributed by atoms with Gasteiger partial charge in [0.1, 0.15) is 0 Å². The number of rotatable bonds is 3. The molecule has 2 heterocycles. The number of aromatic nitrogens is 2. The van der Waals surface area contributed by atoms with E-state index in [9.17, 15) is 4.79 Å². The molecule has 0 aliphatic heterocycles. The summed E-state index contributed by atoms with van der Waals surface area (Å²) in [6.45, 7) is 4.40. The van der Waals surface area contributed by atoms with E-state index in [1.165, 1.54) is 16.9 Å². The third-order valence-electron chi connectivity index (χ3n) is 4.63. The van der Waals surface area contributed by atoms with E-state index in [2.05, 4.69) is 40.6 Å². The van der Waals surface area contributed by atoms with Gasteiger partial charge < -0.3 is 10.4 Å². The highest BCUT2D eigenvalue weighted by atomic mass is 32.1. The summed E-state index contributed by atoms with van der Waals surface area (Å²) in [6, 6.07) is 5.70. The van der Waals surface area contributed by atoms with Crippen LogP contribution in [0.1, 0.15) is 41.9 Å². The van der Waals surface area contributed by atoms with Crippen molar-refractivity contribution in [2.24, 2.45) is 5.84 Å². The molecular weight excluding hydrogens is 334 g/mol. The van der Waals surface area contributed by atoms with Crippen molar-refractivity contribution in [2.45, 2.75) is 25.7 Å². The van der Waals surface area contributed by atoms with Crippen LogP contribution in [-0.2, 0) is 5.41 Å². The predicted octanol–water partition coefficient (Wildman–Crippen LogP) is 3.36. The Morgan fingerprint density at radius 2 is 2.24 bits per heavy atom. The van der Waals surface area contributed by atoms with Crippen molar-refractivity contribution >= 4 is 39.0 Å². The molecule has 0 fully saturated rings. The van der Waals surface area contributed by atoms with E-state index >= 15 is 0 Å². The number of carbonyl (C=O) groups excluding carboxylic acids is 1. The maximum Gasteiger partial charge on any atom is 0.257 e. The molecule has 25 heavy (non-hydrogen) atoms. The summed E-state index contributed by atoms with van der Waals surface area (Å²) in [4.78, 5) is 20.1. The zero-order valence-corrected chi connectivity index (χ0v) is 14.8. The number of thiazole rings is 1. The highest BCUT2D eigenvalue weighted by Gasteiger charge is 2.32. The van der Waals surface area contributed by atoms with Crippen LogP contribution in [0.3, 0.4) is 0 Å². The molecule has 0 saturated heterocycles. The SMILES string of the molecule is CC1(C)CC=C(NN)c2[nH]c3ccc(C(=O)Nc4nccs4)cc3c21. The Bertz CT molecular complexity index is 984. The van der Waals surface area contributed by atoms with Gasteiger partial charge in [-0.1, -0.05) is 19.9 Å². The molecule has 1 aliphatic rings. The Kier molecular flexibility index (Phi) is 3.63. The first-order valence-corrected chi connectivity index (χ1v) is 8.92. The van der Waals surface area contributed by atoms with Crippen molar-refractivity contribution in [2.75, 3.05) is 5.32 Å². The Labute approximate surface area is 149 Å². The summed E-state index contributed by atoms with van der Waals surface area (Å²) < 4.78 is 0. The van der Waals surface area contributed by atoms with Crippen molar-refractivity contribution in [3.8, 4) is 0 Å². The molecule has 0 unspecified atom stereocenters. The topological polar surface area (TPSA) is 95.8 Å². The number of nitrogens with one attached hydrogen (secondary N) is 3. The van der Waals surface area contributed by atoms with E-state index < -0.39 is 0 Å². The number of nitrogens with zero attached hydrogens (tertiary/aromatic N) is 1. The minimum absolute atomic E-state index is 0.0433. The van der Waals surface area contributed by atoms with Crippen LogP contribution in [0.5, 0.6) is 0 Å². The van der Waals surface area contributed by atoms with Gasteiger partial charge in [-0.3, -0.25) is 16.0 Å². The third kappa shape index (κ3) is 2.61. The van der Waals surface area contributed by atoms with E-state index in [-0.39, 0.29) is 11.3 Å². The summed E-state index contributed by atoms with van der Waals surface area (Å²) in [7, 11) is 0. The minimum atomic E-state index is -0.159. The molecule has 0 bridgehead atoms. The van der Waals surface area contributed by atoms with E-state index in [4.69, 9.17) is 5.84 Å². The zero-order chi connectivity index (χ0) is 17.6. The maximum absolute atomic E-state index is 12.5. The molecule has 0 radical (unpaired) electrons. The average Bonchev–Trinajstić information content (AvgIpc) is 3.21. The third-order valence-corrected chi connectivity index (χ3v) is 5.32. The number of hydrazine groups is 1. The molecule has 6 nitrogen and oxygen atoms in total. The van der Waals surface area contributed by atoms with Crippen molar-refractivity contribution < 1.29 is 4.79 Å². The molecule has 1 amide bonds. The highest BCUT2D eigenvalue weighted by molar-refractivity contribution is 7.13. The summed E-state index contributed by atoms with van der Waals surface area (Å²) in [6.07, 6.45) is 4.65. The first kappa shape index (κ1) is 15.9. The largest absolute Gasteiger partial charge is 0.353 e. The number of anilines is 1. The summed E-state index contributed by atoms with van der Waals surface area (Å²) in [5, 5.41) is 6.31. The van der Waals surface area contributed by atoms with Crippen LogP contribution in [0.4, 0.5) is 5.13 Å². The molecule has 7 heteroatoms. The lowest BCUT2D eigenvalue weighted by molar-refractivity contribution is 0.102. The number of hydrogen-bond acceptors (Lipinski definition) is 5. The summed E-state index contributed by atoms with van der Waals surface area (Å²) in [5.41, 5.74) is 7.39. The Morgan fingerprint density at radius 3 is 2.96 bits per heavy atom. The van der Waals surface area contributed by atoms with Crippen molar-refractivity contribution in [3.63, 3.8) is 0 Å². The van der Waals surface area contributed by atoms with Crippen LogP contribution >= 0.6 is 11.3 Å². The number of hydrogen-bond donors (Lipinski definition) is 4. The standard InChI is InChI=1S/C18H19N5OS/c1-18(2)6-5-13(23-19)15-14(18)11-9-10(3-4-12(11)21-15)16(24)22-17-20-7-8-25-17/h3-5,7-9,21,23H,6,19H2,1-2H3,(H,20,22,24). The first-order chi connectivity index (χ1) is 12.0. The van der Waals surface area contributed by atoms with E-state index in [1.54, 1.807) is 6.20 Å². The number of amides is 1. The molecular formula is C18H19N5OS. The fraction of sp³-hybridized carbons (Fsp3) is 0.222. The van der Waals surface area contributed by atoms with Gasteiger partial charge >= 0.3 is 0 Å². The van der Waals surface area contributed by atoms with Crippen molar-refractivity contribution in [3.05, 3.63) is 52.7 Å². The number of fused-ring (bicyclic) bond motifs is 3. The zero-order valence-electron chi connectivity index (χ0n) is 14.0. The highest BCUT2D eigenvalue weighted by Crippen LogP contribution is 2.42. The molecule has 0 spiro atoms. The van der Waals surface area contributed by atoms with Crippen LogP contribution in [0.2, 0.25) is 0 Å². The number of carbonyl (C=O) groups is 1. The predicted molar refractivity (Wildman–Crippen MR) is 101 cm³/mol. The van der Waals surface area contributed by atoms with Crippen molar-refractivity contribution in [1.29, 1.82) is 0 Å². The summed E-state index contributed by atoms with van der Waals surface area (Å²) >= 11 is 1.40. The van der Waals surface area contributed by atoms with Crippen LogP contribution in [-0.4, -0.2) is 15.9 Å². The van der Waals surface area contributed by atoms with Crippen LogP contribution < -0.4 is 16.6 Å². The van der Waals surface area contributed by atoms with Gasteiger partial charge in [0.25, 0.3) is 5.91 Å². The van der Waals surface area contributed by atoms with Gasteiger partial charge in [-0.15, -0.1) is 11.3 Å². The maximum atomic E-state index is 12.5. The molecule has 3 aromatic rings. The van der Waals surface area contributed by atoms with Gasteiger partial charge in [0.05, 0.1) is 11.4 Å². The smallest absolute Gasteiger partial charge is 0.257 e. The molecule has 1 aromatic carbocycles. The van der Waals surface area contributed by atoms with Crippen LogP contribution in [0, 0.1) is 0 Å². The normalized spacial score (nSPS) is 15.6. The monoisotopic (exact) mass is 353 g/mol. The first-order valence-electron chi connectivity index (χ1n) is 8.04. The molecule has 2 aromatic heterocycles. The second kappa shape index (κ2) is 5.72. The van der Waals surface area contributed by atoms with E-state index in [1.807, 2.05) is 23.6 Å². The molecule has 1 aliphatic carbocycles. The second-order valence-electron chi connectivity index (χ2n) is 6.78. The molecule has 0 saturated carbocycles. The molecule has 4 rings (SSSR count). The van der Waals surface area contributed by atoms with Crippen molar-refractivity contribution in [1.82, 2.24) is 15.4 Å². The number of nitrogens with two attached hydrogens (primary N) is 1. The minimum Gasteiger partial charge on any atom is -0.353 e. The quantitative estimate of drug-likeness (QED) is 0.429. The van der Waals surface area contributed by atoms with E-state index in [0.29, 0.717) is 10.7 Å². The number of aromatic amines is 1. The Hall–Kier alpha value is -2.64. The molecule has 5 N–H and O–H groups in total. The van der Waals surface area contributed by atoms with Gasteiger partial charge in [0.15, 0.2) is 5.13 Å². The van der Waals surface area contributed by atoms with Gasteiger partial charge in [-0.25, -0.2) is 4.98 Å². The summed E-state index contributed by atoms with van der Waals surface area (Å²) in [5.74, 6) is 5.52. The Morgan fingerprint density at radius 1 is 1.40 bits per heavy atom. The molecule has 0 atom stereocenters. The van der Waals surface area contributed by atoms with Gasteiger partial charge in [-0.05, 0) is 35.6 Å². The van der Waals surface area contributed by atoms with Gasteiger partial charge in [0.2, 0.25) is 0 Å². The molecule has 128 valence electrons. The number of allylic oxidation sites excluding steroid dienone is 1. The fourth-order valence-corrected chi connectivity index (χ4v) is 3.91. The number of benzene rings is 1. The van der Waals surface area contributed by atoms with Crippen LogP contribution in [0.15, 0.2) is 35.9 Å². The second-order valence-corrected chi connectivity index (χ2v) is 7.67. The van der Waals surface area contributed by atoms with Gasteiger partial charge in [-0.2, -0.15) is 0 Å².